The molecule has 0 amide bonds. The van der Waals surface area contributed by atoms with E-state index in [0.29, 0.717) is 6.54 Å². The van der Waals surface area contributed by atoms with Gasteiger partial charge in [0.25, 0.3) is 0 Å². The van der Waals surface area contributed by atoms with Crippen molar-refractivity contribution in [2.75, 3.05) is 13.6 Å². The minimum absolute atomic E-state index is 0.198. The quantitative estimate of drug-likeness (QED) is 0.909. The molecule has 1 aromatic heterocycles. The minimum Gasteiger partial charge on any atom is -0.329 e. The standard InChI is InChI=1S/C15H19FN2S/c1-11-7-8-19-15(11)14(9-17)18(2)10-12-3-5-13(16)6-4-12/h3-8,14H,9-10,17H2,1-2H3. The maximum Gasteiger partial charge on any atom is 0.123 e. The van der Waals surface area contributed by atoms with E-state index < -0.39 is 0 Å². The zero-order valence-corrected chi connectivity index (χ0v) is 12.1. The van der Waals surface area contributed by atoms with Gasteiger partial charge in [0.05, 0.1) is 6.04 Å². The molecule has 0 fully saturated rings. The molecule has 4 heteroatoms. The summed E-state index contributed by atoms with van der Waals surface area (Å²) >= 11 is 1.74. The number of thiophene rings is 1. The first-order chi connectivity index (χ1) is 9.11. The largest absolute Gasteiger partial charge is 0.329 e. The van der Waals surface area contributed by atoms with Gasteiger partial charge in [-0.2, -0.15) is 0 Å². The van der Waals surface area contributed by atoms with Crippen LogP contribution in [0, 0.1) is 12.7 Å². The van der Waals surface area contributed by atoms with E-state index in [2.05, 4.69) is 30.3 Å². The third-order valence-electron chi connectivity index (χ3n) is 3.30. The number of hydrogen-bond donors (Lipinski definition) is 1. The van der Waals surface area contributed by atoms with Gasteiger partial charge in [-0.3, -0.25) is 4.90 Å². The van der Waals surface area contributed by atoms with Gasteiger partial charge in [0.15, 0.2) is 0 Å². The molecular formula is C15H19FN2S. The maximum absolute atomic E-state index is 12.9. The first-order valence-corrected chi connectivity index (χ1v) is 7.18. The van der Waals surface area contributed by atoms with E-state index in [0.717, 1.165) is 12.1 Å². The molecule has 1 unspecified atom stereocenters. The maximum atomic E-state index is 12.9. The second-order valence-corrected chi connectivity index (χ2v) is 5.71. The van der Waals surface area contributed by atoms with E-state index in [9.17, 15) is 4.39 Å². The number of likely N-dealkylation sites (N-methyl/N-ethyl adjacent to an activating group) is 1. The van der Waals surface area contributed by atoms with Crippen LogP contribution in [0.2, 0.25) is 0 Å². The number of rotatable bonds is 5. The summed E-state index contributed by atoms with van der Waals surface area (Å²) < 4.78 is 12.9. The van der Waals surface area contributed by atoms with Crippen molar-refractivity contribution in [2.24, 2.45) is 5.73 Å². The molecule has 2 rings (SSSR count). The fourth-order valence-electron chi connectivity index (χ4n) is 2.20. The van der Waals surface area contributed by atoms with Crippen molar-refractivity contribution < 1.29 is 4.39 Å². The first-order valence-electron chi connectivity index (χ1n) is 6.30. The normalized spacial score (nSPS) is 12.9. The Morgan fingerprint density at radius 2 is 1.95 bits per heavy atom. The summed E-state index contributed by atoms with van der Waals surface area (Å²) in [6.45, 7) is 3.46. The predicted molar refractivity (Wildman–Crippen MR) is 78.7 cm³/mol. The predicted octanol–water partition coefficient (Wildman–Crippen LogP) is 3.33. The summed E-state index contributed by atoms with van der Waals surface area (Å²) in [5, 5.41) is 2.10. The van der Waals surface area contributed by atoms with Crippen molar-refractivity contribution in [2.45, 2.75) is 19.5 Å². The Morgan fingerprint density at radius 3 is 2.47 bits per heavy atom. The molecule has 2 aromatic rings. The fraction of sp³-hybridized carbons (Fsp3) is 0.333. The molecular weight excluding hydrogens is 259 g/mol. The van der Waals surface area contributed by atoms with Crippen LogP contribution < -0.4 is 5.73 Å². The van der Waals surface area contributed by atoms with Gasteiger partial charge < -0.3 is 5.73 Å². The van der Waals surface area contributed by atoms with Gasteiger partial charge in [0.2, 0.25) is 0 Å². The summed E-state index contributed by atoms with van der Waals surface area (Å²) in [5.41, 5.74) is 8.29. The molecule has 2 nitrogen and oxygen atoms in total. The lowest BCUT2D eigenvalue weighted by Crippen LogP contribution is -2.30. The van der Waals surface area contributed by atoms with Crippen LogP contribution in [0.25, 0.3) is 0 Å². The lowest BCUT2D eigenvalue weighted by molar-refractivity contribution is 0.244. The Balaban J connectivity index is 2.11. The van der Waals surface area contributed by atoms with Gasteiger partial charge in [-0.05, 0) is 48.7 Å². The van der Waals surface area contributed by atoms with Gasteiger partial charge in [0, 0.05) is 18.0 Å². The average Bonchev–Trinajstić information content (AvgIpc) is 2.80. The van der Waals surface area contributed by atoms with E-state index in [1.165, 1.54) is 22.6 Å². The Morgan fingerprint density at radius 1 is 1.26 bits per heavy atom. The zero-order valence-electron chi connectivity index (χ0n) is 11.3. The van der Waals surface area contributed by atoms with Gasteiger partial charge in [0.1, 0.15) is 5.82 Å². The van der Waals surface area contributed by atoms with Crippen LogP contribution in [-0.2, 0) is 6.54 Å². The molecule has 1 heterocycles. The van der Waals surface area contributed by atoms with E-state index >= 15 is 0 Å². The van der Waals surface area contributed by atoms with Gasteiger partial charge in [-0.1, -0.05) is 12.1 Å². The van der Waals surface area contributed by atoms with Gasteiger partial charge >= 0.3 is 0 Å². The summed E-state index contributed by atoms with van der Waals surface area (Å²) in [7, 11) is 2.06. The Labute approximate surface area is 117 Å². The third kappa shape index (κ3) is 3.41. The number of benzene rings is 1. The van der Waals surface area contributed by atoms with Crippen molar-refractivity contribution in [3.05, 3.63) is 57.5 Å². The first kappa shape index (κ1) is 14.2. The lowest BCUT2D eigenvalue weighted by Gasteiger charge is -2.27. The summed E-state index contributed by atoms with van der Waals surface area (Å²) in [4.78, 5) is 3.53. The van der Waals surface area contributed by atoms with Crippen LogP contribution in [0.5, 0.6) is 0 Å². The van der Waals surface area contributed by atoms with Crippen LogP contribution in [0.15, 0.2) is 35.7 Å². The van der Waals surface area contributed by atoms with Crippen molar-refractivity contribution in [1.82, 2.24) is 4.90 Å². The smallest absolute Gasteiger partial charge is 0.123 e. The Bertz CT molecular complexity index is 521. The molecule has 19 heavy (non-hydrogen) atoms. The van der Waals surface area contributed by atoms with E-state index in [1.807, 2.05) is 12.1 Å². The highest BCUT2D eigenvalue weighted by Gasteiger charge is 2.18. The van der Waals surface area contributed by atoms with Crippen LogP contribution in [0.1, 0.15) is 22.0 Å². The second kappa shape index (κ2) is 6.28. The molecule has 1 aromatic carbocycles. The number of nitrogens with two attached hydrogens (primary N) is 1. The van der Waals surface area contributed by atoms with Crippen molar-refractivity contribution >= 4 is 11.3 Å². The molecule has 0 aliphatic carbocycles. The Hall–Kier alpha value is -1.23. The molecule has 0 bridgehead atoms. The highest BCUT2D eigenvalue weighted by atomic mass is 32.1. The molecule has 102 valence electrons. The van der Waals surface area contributed by atoms with Crippen molar-refractivity contribution in [1.29, 1.82) is 0 Å². The van der Waals surface area contributed by atoms with E-state index in [1.54, 1.807) is 11.3 Å². The monoisotopic (exact) mass is 278 g/mol. The number of halogens is 1. The zero-order chi connectivity index (χ0) is 13.8. The van der Waals surface area contributed by atoms with E-state index in [4.69, 9.17) is 5.73 Å². The molecule has 1 atom stereocenters. The highest BCUT2D eigenvalue weighted by Crippen LogP contribution is 2.28. The van der Waals surface area contributed by atoms with Crippen LogP contribution in [0.3, 0.4) is 0 Å². The van der Waals surface area contributed by atoms with Crippen LogP contribution in [0.4, 0.5) is 4.39 Å². The number of nitrogens with zero attached hydrogens (tertiary/aromatic N) is 1. The second-order valence-electron chi connectivity index (χ2n) is 4.76. The fourth-order valence-corrected chi connectivity index (χ4v) is 3.31. The summed E-state index contributed by atoms with van der Waals surface area (Å²) in [6.07, 6.45) is 0. The van der Waals surface area contributed by atoms with Gasteiger partial charge in [-0.15, -0.1) is 11.3 Å². The molecule has 0 radical (unpaired) electrons. The van der Waals surface area contributed by atoms with Crippen LogP contribution in [-0.4, -0.2) is 18.5 Å². The SMILES string of the molecule is Cc1ccsc1C(CN)N(C)Cc1ccc(F)cc1. The summed E-state index contributed by atoms with van der Waals surface area (Å²) in [5.74, 6) is -0.198. The number of aryl methyl sites for hydroxylation is 1. The molecule has 0 saturated carbocycles. The number of hydrogen-bond acceptors (Lipinski definition) is 3. The van der Waals surface area contributed by atoms with Crippen molar-refractivity contribution in [3.8, 4) is 0 Å². The molecule has 0 spiro atoms. The molecule has 0 saturated heterocycles. The minimum atomic E-state index is -0.198. The molecule has 0 aliphatic heterocycles. The Kier molecular flexibility index (Phi) is 4.69. The highest BCUT2D eigenvalue weighted by molar-refractivity contribution is 7.10. The topological polar surface area (TPSA) is 29.3 Å². The van der Waals surface area contributed by atoms with Crippen LogP contribution >= 0.6 is 11.3 Å². The van der Waals surface area contributed by atoms with Gasteiger partial charge in [-0.25, -0.2) is 4.39 Å². The summed E-state index contributed by atoms with van der Waals surface area (Å²) in [6, 6.07) is 8.97. The average molecular weight is 278 g/mol. The van der Waals surface area contributed by atoms with E-state index in [-0.39, 0.29) is 11.9 Å². The molecule has 0 aliphatic rings. The van der Waals surface area contributed by atoms with Crippen molar-refractivity contribution in [3.63, 3.8) is 0 Å². The lowest BCUT2D eigenvalue weighted by atomic mass is 10.1. The molecule has 2 N–H and O–H groups in total. The third-order valence-corrected chi connectivity index (χ3v) is 4.43.